The zero-order valence-electron chi connectivity index (χ0n) is 13.4. The van der Waals surface area contributed by atoms with Gasteiger partial charge in [-0.15, -0.1) is 0 Å². The van der Waals surface area contributed by atoms with E-state index in [2.05, 4.69) is 14.9 Å². The molecule has 3 heterocycles. The molecule has 0 saturated carbocycles. The number of anilines is 1. The molecule has 1 aromatic heterocycles. The lowest BCUT2D eigenvalue weighted by Crippen LogP contribution is -2.49. The van der Waals surface area contributed by atoms with Crippen molar-refractivity contribution in [3.05, 3.63) is 18.5 Å². The summed E-state index contributed by atoms with van der Waals surface area (Å²) < 4.78 is 0. The lowest BCUT2D eigenvalue weighted by molar-refractivity contribution is -0.129. The predicted octanol–water partition coefficient (Wildman–Crippen LogP) is 1.57. The first kappa shape index (κ1) is 16.2. The molecule has 124 valence electrons. The van der Waals surface area contributed by atoms with Crippen molar-refractivity contribution in [3.63, 3.8) is 0 Å². The van der Waals surface area contributed by atoms with Crippen LogP contribution in [0.3, 0.4) is 0 Å². The minimum atomic E-state index is 0.126. The van der Waals surface area contributed by atoms with Gasteiger partial charge >= 0.3 is 0 Å². The average Bonchev–Trinajstić information content (AvgIpc) is 2.95. The van der Waals surface area contributed by atoms with Crippen molar-refractivity contribution < 1.29 is 9.59 Å². The maximum Gasteiger partial charge on any atom is 0.225 e. The highest BCUT2D eigenvalue weighted by Crippen LogP contribution is 2.28. The third kappa shape index (κ3) is 4.02. The third-order valence-corrected chi connectivity index (χ3v) is 5.48. The Hall–Kier alpha value is -1.63. The predicted molar refractivity (Wildman–Crippen MR) is 90.2 cm³/mol. The van der Waals surface area contributed by atoms with Gasteiger partial charge in [0.2, 0.25) is 11.9 Å². The summed E-state index contributed by atoms with van der Waals surface area (Å²) in [5.41, 5.74) is 0. The molecule has 0 spiro atoms. The average molecular weight is 334 g/mol. The number of likely N-dealkylation sites (tertiary alicyclic amines) is 1. The van der Waals surface area contributed by atoms with E-state index in [4.69, 9.17) is 0 Å². The van der Waals surface area contributed by atoms with Gasteiger partial charge in [0.1, 0.15) is 0 Å². The standard InChI is InChI=1S/C16H22N4O2S/c1-12(21)23-11-13-8-15(22)20(9-13)14-4-2-7-19(10-14)16-17-5-3-6-18-16/h3,5-6,13-14H,2,4,7-11H2,1H3. The topological polar surface area (TPSA) is 66.4 Å². The number of hydrogen-bond acceptors (Lipinski definition) is 6. The van der Waals surface area contributed by atoms with Gasteiger partial charge in [-0.25, -0.2) is 9.97 Å². The summed E-state index contributed by atoms with van der Waals surface area (Å²) in [5.74, 6) is 2.00. The Kier molecular flexibility index (Phi) is 5.15. The first-order valence-corrected chi connectivity index (χ1v) is 9.07. The van der Waals surface area contributed by atoms with Crippen LogP contribution in [-0.4, -0.2) is 57.3 Å². The van der Waals surface area contributed by atoms with Gasteiger partial charge in [-0.1, -0.05) is 11.8 Å². The summed E-state index contributed by atoms with van der Waals surface area (Å²) in [7, 11) is 0. The number of thioether (sulfide) groups is 1. The summed E-state index contributed by atoms with van der Waals surface area (Å²) in [6, 6.07) is 2.04. The molecule has 1 amide bonds. The summed E-state index contributed by atoms with van der Waals surface area (Å²) >= 11 is 1.33. The van der Waals surface area contributed by atoms with E-state index in [1.807, 2.05) is 11.0 Å². The van der Waals surface area contributed by atoms with E-state index < -0.39 is 0 Å². The number of nitrogens with zero attached hydrogens (tertiary/aromatic N) is 4. The maximum absolute atomic E-state index is 12.4. The van der Waals surface area contributed by atoms with E-state index in [1.165, 1.54) is 11.8 Å². The SMILES string of the molecule is CC(=O)SCC1CC(=O)N(C2CCCN(c3ncccn3)C2)C1. The molecule has 2 aliphatic rings. The molecule has 6 nitrogen and oxygen atoms in total. The van der Waals surface area contributed by atoms with Crippen molar-refractivity contribution >= 4 is 28.7 Å². The number of rotatable bonds is 4. The Bertz CT molecular complexity index is 568. The van der Waals surface area contributed by atoms with Crippen molar-refractivity contribution in [1.82, 2.24) is 14.9 Å². The third-order valence-electron chi connectivity index (χ3n) is 4.43. The van der Waals surface area contributed by atoms with Gasteiger partial charge in [0.25, 0.3) is 0 Å². The van der Waals surface area contributed by atoms with E-state index in [9.17, 15) is 9.59 Å². The quantitative estimate of drug-likeness (QED) is 0.833. The van der Waals surface area contributed by atoms with Crippen LogP contribution >= 0.6 is 11.8 Å². The van der Waals surface area contributed by atoms with Crippen LogP contribution in [0.1, 0.15) is 26.2 Å². The second-order valence-corrected chi connectivity index (χ2v) is 7.41. The minimum Gasteiger partial charge on any atom is -0.339 e. The molecule has 7 heteroatoms. The van der Waals surface area contributed by atoms with E-state index in [0.29, 0.717) is 12.3 Å². The van der Waals surface area contributed by atoms with E-state index >= 15 is 0 Å². The molecule has 0 aromatic carbocycles. The van der Waals surface area contributed by atoms with Gasteiger partial charge in [-0.05, 0) is 24.8 Å². The van der Waals surface area contributed by atoms with Crippen molar-refractivity contribution in [2.24, 2.45) is 5.92 Å². The van der Waals surface area contributed by atoms with Crippen LogP contribution in [0.5, 0.6) is 0 Å². The molecule has 3 rings (SSSR count). The first-order chi connectivity index (χ1) is 11.1. The van der Waals surface area contributed by atoms with Gasteiger partial charge in [0.15, 0.2) is 5.12 Å². The smallest absolute Gasteiger partial charge is 0.225 e. The lowest BCUT2D eigenvalue weighted by Gasteiger charge is -2.37. The van der Waals surface area contributed by atoms with E-state index in [1.54, 1.807) is 19.3 Å². The van der Waals surface area contributed by atoms with Crippen LogP contribution in [0, 0.1) is 5.92 Å². The molecule has 1 aromatic rings. The molecular formula is C16H22N4O2S. The Morgan fingerprint density at radius 3 is 2.87 bits per heavy atom. The molecule has 0 radical (unpaired) electrons. The van der Waals surface area contributed by atoms with Crippen molar-refractivity contribution in [1.29, 1.82) is 0 Å². The first-order valence-electron chi connectivity index (χ1n) is 8.08. The fourth-order valence-electron chi connectivity index (χ4n) is 3.35. The van der Waals surface area contributed by atoms with Crippen LogP contribution < -0.4 is 4.90 Å². The van der Waals surface area contributed by atoms with Gasteiger partial charge in [0, 0.05) is 57.2 Å². The second-order valence-electron chi connectivity index (χ2n) is 6.21. The van der Waals surface area contributed by atoms with Gasteiger partial charge in [-0.2, -0.15) is 0 Å². The van der Waals surface area contributed by atoms with Crippen molar-refractivity contribution in [2.75, 3.05) is 30.3 Å². The zero-order chi connectivity index (χ0) is 16.2. The monoisotopic (exact) mass is 334 g/mol. The summed E-state index contributed by atoms with van der Waals surface area (Å²) in [6.45, 7) is 4.08. The Balaban J connectivity index is 1.60. The zero-order valence-corrected chi connectivity index (χ0v) is 14.2. The fourth-order valence-corrected chi connectivity index (χ4v) is 4.05. The van der Waals surface area contributed by atoms with Crippen molar-refractivity contribution in [2.45, 2.75) is 32.2 Å². The normalized spacial score (nSPS) is 25.0. The van der Waals surface area contributed by atoms with Crippen LogP contribution in [0.25, 0.3) is 0 Å². The molecule has 2 fully saturated rings. The highest BCUT2D eigenvalue weighted by atomic mass is 32.2. The number of hydrogen-bond donors (Lipinski definition) is 0. The lowest BCUT2D eigenvalue weighted by atomic mass is 10.0. The van der Waals surface area contributed by atoms with Crippen LogP contribution in [-0.2, 0) is 9.59 Å². The number of amides is 1. The van der Waals surface area contributed by atoms with Gasteiger partial charge < -0.3 is 9.80 Å². The molecule has 2 aliphatic heterocycles. The molecule has 2 unspecified atom stereocenters. The largest absolute Gasteiger partial charge is 0.339 e. The number of piperidine rings is 1. The summed E-state index contributed by atoms with van der Waals surface area (Å²) in [5, 5.41) is 0.126. The maximum atomic E-state index is 12.4. The highest BCUT2D eigenvalue weighted by molar-refractivity contribution is 8.13. The molecule has 2 saturated heterocycles. The van der Waals surface area contributed by atoms with E-state index in [-0.39, 0.29) is 17.1 Å². The molecule has 2 atom stereocenters. The highest BCUT2D eigenvalue weighted by Gasteiger charge is 2.36. The van der Waals surface area contributed by atoms with Crippen molar-refractivity contribution in [3.8, 4) is 0 Å². The van der Waals surface area contributed by atoms with Crippen LogP contribution in [0.2, 0.25) is 0 Å². The second kappa shape index (κ2) is 7.29. The van der Waals surface area contributed by atoms with Gasteiger partial charge in [0.05, 0.1) is 0 Å². The number of carbonyl (C=O) groups excluding carboxylic acids is 2. The Labute approximate surface area is 140 Å². The Morgan fingerprint density at radius 1 is 1.35 bits per heavy atom. The summed E-state index contributed by atoms with van der Waals surface area (Å²) in [4.78, 5) is 36.3. The molecule has 23 heavy (non-hydrogen) atoms. The van der Waals surface area contributed by atoms with Crippen LogP contribution in [0.4, 0.5) is 5.95 Å². The molecule has 0 bridgehead atoms. The number of carbonyl (C=O) groups is 2. The van der Waals surface area contributed by atoms with Gasteiger partial charge in [-0.3, -0.25) is 9.59 Å². The molecular weight excluding hydrogens is 312 g/mol. The molecule has 0 N–H and O–H groups in total. The minimum absolute atomic E-state index is 0.126. The molecule has 0 aliphatic carbocycles. The van der Waals surface area contributed by atoms with E-state index in [0.717, 1.165) is 44.2 Å². The fraction of sp³-hybridized carbons (Fsp3) is 0.625. The van der Waals surface area contributed by atoms with Crippen LogP contribution in [0.15, 0.2) is 18.5 Å². The summed E-state index contributed by atoms with van der Waals surface area (Å²) in [6.07, 6.45) is 6.14. The Morgan fingerprint density at radius 2 is 2.13 bits per heavy atom. The number of aromatic nitrogens is 2.